The van der Waals surface area contributed by atoms with Crippen LogP contribution in [0.4, 0.5) is 0 Å². The van der Waals surface area contributed by atoms with Crippen molar-refractivity contribution in [2.75, 3.05) is 14.2 Å². The highest BCUT2D eigenvalue weighted by Gasteiger charge is 2.27. The average Bonchev–Trinajstić information content (AvgIpc) is 2.46. The fraction of sp³-hybridized carbons (Fsp3) is 0.562. The van der Waals surface area contributed by atoms with Crippen LogP contribution in [0.25, 0.3) is 0 Å². The maximum Gasteiger partial charge on any atom is 0.225 e. The normalized spacial score (nSPS) is 21.9. The lowest BCUT2D eigenvalue weighted by molar-refractivity contribution is -0.135. The third kappa shape index (κ3) is 4.20. The van der Waals surface area contributed by atoms with Gasteiger partial charge in [0, 0.05) is 35.6 Å². The van der Waals surface area contributed by atoms with Gasteiger partial charge in [0.05, 0.1) is 7.11 Å². The van der Waals surface area contributed by atoms with Crippen molar-refractivity contribution < 1.29 is 9.53 Å². The van der Waals surface area contributed by atoms with Crippen LogP contribution in [0.15, 0.2) is 22.7 Å². The lowest BCUT2D eigenvalue weighted by atomic mass is 9.85. The van der Waals surface area contributed by atoms with Gasteiger partial charge in [0.25, 0.3) is 0 Å². The molecule has 0 saturated heterocycles. The molecule has 1 aromatic carbocycles. The highest BCUT2D eigenvalue weighted by atomic mass is 79.9. The zero-order valence-corrected chi connectivity index (χ0v) is 14.2. The van der Waals surface area contributed by atoms with Crippen LogP contribution in [0.5, 0.6) is 5.75 Å². The number of hydrogen-bond acceptors (Lipinski definition) is 3. The van der Waals surface area contributed by atoms with Gasteiger partial charge in [-0.05, 0) is 37.5 Å². The largest absolute Gasteiger partial charge is 0.496 e. The Morgan fingerprint density at radius 3 is 2.90 bits per heavy atom. The fourth-order valence-corrected chi connectivity index (χ4v) is 3.38. The van der Waals surface area contributed by atoms with Crippen molar-refractivity contribution in [1.29, 1.82) is 0 Å². The quantitative estimate of drug-likeness (QED) is 0.904. The van der Waals surface area contributed by atoms with E-state index in [-0.39, 0.29) is 17.9 Å². The van der Waals surface area contributed by atoms with Crippen molar-refractivity contribution in [2.24, 2.45) is 11.7 Å². The van der Waals surface area contributed by atoms with Crippen molar-refractivity contribution in [3.05, 3.63) is 28.2 Å². The average molecular weight is 355 g/mol. The van der Waals surface area contributed by atoms with Gasteiger partial charge in [0.1, 0.15) is 5.75 Å². The number of methoxy groups -OCH3 is 1. The van der Waals surface area contributed by atoms with E-state index in [2.05, 4.69) is 15.9 Å². The summed E-state index contributed by atoms with van der Waals surface area (Å²) in [5.41, 5.74) is 6.99. The van der Waals surface area contributed by atoms with Gasteiger partial charge in [0.2, 0.25) is 5.91 Å². The molecule has 116 valence electrons. The first-order valence-electron chi connectivity index (χ1n) is 7.34. The standard InChI is InChI=1S/C16H23BrN2O2/c1-19(16(20)11-4-3-5-14(18)9-11)10-12-8-13(17)6-7-15(12)21-2/h6-8,11,14H,3-5,9-10,18H2,1-2H3. The molecule has 0 radical (unpaired) electrons. The first-order valence-corrected chi connectivity index (χ1v) is 8.13. The van der Waals surface area contributed by atoms with Gasteiger partial charge in [-0.3, -0.25) is 4.79 Å². The van der Waals surface area contributed by atoms with Crippen LogP contribution in [0.1, 0.15) is 31.2 Å². The number of carbonyl (C=O) groups excluding carboxylic acids is 1. The molecule has 2 atom stereocenters. The third-order valence-electron chi connectivity index (χ3n) is 4.09. The summed E-state index contributed by atoms with van der Waals surface area (Å²) >= 11 is 3.46. The minimum absolute atomic E-state index is 0.0666. The van der Waals surface area contributed by atoms with Gasteiger partial charge in [-0.1, -0.05) is 22.4 Å². The SMILES string of the molecule is COc1ccc(Br)cc1CN(C)C(=O)C1CCCC(N)C1. The van der Waals surface area contributed by atoms with Crippen molar-refractivity contribution in [2.45, 2.75) is 38.3 Å². The molecular formula is C16H23BrN2O2. The summed E-state index contributed by atoms with van der Waals surface area (Å²) in [5, 5.41) is 0. The molecule has 1 amide bonds. The Kier molecular flexibility index (Phi) is 5.65. The maximum atomic E-state index is 12.6. The van der Waals surface area contributed by atoms with E-state index in [4.69, 9.17) is 10.5 Å². The number of nitrogens with zero attached hydrogens (tertiary/aromatic N) is 1. The number of rotatable bonds is 4. The lowest BCUT2D eigenvalue weighted by Crippen LogP contribution is -2.38. The van der Waals surface area contributed by atoms with Crippen molar-refractivity contribution in [1.82, 2.24) is 4.90 Å². The smallest absolute Gasteiger partial charge is 0.225 e. The van der Waals surface area contributed by atoms with E-state index in [9.17, 15) is 4.79 Å². The number of amides is 1. The fourth-order valence-electron chi connectivity index (χ4n) is 2.97. The summed E-state index contributed by atoms with van der Waals surface area (Å²) < 4.78 is 6.35. The minimum atomic E-state index is 0.0666. The third-order valence-corrected chi connectivity index (χ3v) is 4.58. The van der Waals surface area contributed by atoms with Crippen molar-refractivity contribution in [3.8, 4) is 5.75 Å². The van der Waals surface area contributed by atoms with Crippen LogP contribution >= 0.6 is 15.9 Å². The second kappa shape index (κ2) is 7.27. The van der Waals surface area contributed by atoms with E-state index in [0.29, 0.717) is 6.54 Å². The Hall–Kier alpha value is -1.07. The lowest BCUT2D eigenvalue weighted by Gasteiger charge is -2.29. The summed E-state index contributed by atoms with van der Waals surface area (Å²) in [6.45, 7) is 0.549. The molecule has 4 nitrogen and oxygen atoms in total. The predicted molar refractivity (Wildman–Crippen MR) is 87.1 cm³/mol. The summed E-state index contributed by atoms with van der Waals surface area (Å²) in [5.74, 6) is 1.06. The first kappa shape index (κ1) is 16.3. The summed E-state index contributed by atoms with van der Waals surface area (Å²) in [4.78, 5) is 14.3. The molecule has 1 saturated carbocycles. The zero-order chi connectivity index (χ0) is 15.4. The van der Waals surface area contributed by atoms with Gasteiger partial charge in [-0.2, -0.15) is 0 Å². The molecule has 2 unspecified atom stereocenters. The maximum absolute atomic E-state index is 12.6. The second-order valence-corrected chi connectivity index (χ2v) is 6.69. The van der Waals surface area contributed by atoms with Crippen LogP contribution in [0.2, 0.25) is 0 Å². The Morgan fingerprint density at radius 2 is 2.24 bits per heavy atom. The van der Waals surface area contributed by atoms with E-state index in [1.165, 1.54) is 0 Å². The number of hydrogen-bond donors (Lipinski definition) is 1. The molecule has 5 heteroatoms. The summed E-state index contributed by atoms with van der Waals surface area (Å²) in [6.07, 6.45) is 3.84. The highest BCUT2D eigenvalue weighted by Crippen LogP contribution is 2.27. The molecule has 0 heterocycles. The summed E-state index contributed by atoms with van der Waals surface area (Å²) in [6, 6.07) is 6.01. The highest BCUT2D eigenvalue weighted by molar-refractivity contribution is 9.10. The molecule has 0 spiro atoms. The number of ether oxygens (including phenoxy) is 1. The number of benzene rings is 1. The van der Waals surface area contributed by atoms with Crippen LogP contribution in [-0.2, 0) is 11.3 Å². The minimum Gasteiger partial charge on any atom is -0.496 e. The van der Waals surface area contributed by atoms with Gasteiger partial charge in [0.15, 0.2) is 0 Å². The van der Waals surface area contributed by atoms with Crippen LogP contribution in [0, 0.1) is 5.92 Å². The van der Waals surface area contributed by atoms with Crippen LogP contribution < -0.4 is 10.5 Å². The topological polar surface area (TPSA) is 55.6 Å². The number of carbonyl (C=O) groups is 1. The van der Waals surface area contributed by atoms with Gasteiger partial charge >= 0.3 is 0 Å². The molecule has 2 N–H and O–H groups in total. The molecular weight excluding hydrogens is 332 g/mol. The van der Waals surface area contributed by atoms with E-state index in [1.54, 1.807) is 12.0 Å². The number of nitrogens with two attached hydrogens (primary N) is 1. The Balaban J connectivity index is 2.05. The summed E-state index contributed by atoms with van der Waals surface area (Å²) in [7, 11) is 3.50. The van der Waals surface area contributed by atoms with Gasteiger partial charge in [-0.25, -0.2) is 0 Å². The molecule has 0 aromatic heterocycles. The molecule has 1 aromatic rings. The monoisotopic (exact) mass is 354 g/mol. The van der Waals surface area contributed by atoms with E-state index in [0.717, 1.165) is 41.5 Å². The molecule has 1 aliphatic rings. The second-order valence-electron chi connectivity index (χ2n) is 5.77. The Bertz CT molecular complexity index is 507. The molecule has 21 heavy (non-hydrogen) atoms. The number of halogens is 1. The molecule has 2 rings (SSSR count). The van der Waals surface area contributed by atoms with E-state index >= 15 is 0 Å². The molecule has 1 fully saturated rings. The Labute approximate surface area is 134 Å². The Morgan fingerprint density at radius 1 is 1.48 bits per heavy atom. The molecule has 1 aliphatic carbocycles. The van der Waals surface area contributed by atoms with Crippen molar-refractivity contribution >= 4 is 21.8 Å². The zero-order valence-electron chi connectivity index (χ0n) is 12.6. The van der Waals surface area contributed by atoms with E-state index in [1.807, 2.05) is 25.2 Å². The van der Waals surface area contributed by atoms with Crippen LogP contribution in [0.3, 0.4) is 0 Å². The predicted octanol–water partition coefficient (Wildman–Crippen LogP) is 2.93. The molecule has 0 aliphatic heterocycles. The van der Waals surface area contributed by atoms with Gasteiger partial charge in [-0.15, -0.1) is 0 Å². The van der Waals surface area contributed by atoms with Gasteiger partial charge < -0.3 is 15.4 Å². The molecule has 0 bridgehead atoms. The van der Waals surface area contributed by atoms with Crippen LogP contribution in [-0.4, -0.2) is 31.0 Å². The van der Waals surface area contributed by atoms with E-state index < -0.39 is 0 Å². The first-order chi connectivity index (χ1) is 10.0. The van der Waals surface area contributed by atoms with Crippen molar-refractivity contribution in [3.63, 3.8) is 0 Å².